The Bertz CT molecular complexity index is 671. The van der Waals surface area contributed by atoms with Crippen molar-refractivity contribution in [3.63, 3.8) is 0 Å². The number of oxazole rings is 1. The second-order valence-electron chi connectivity index (χ2n) is 3.70. The molecule has 0 fully saturated rings. The molecule has 3 rings (SSSR count). The second-order valence-corrected chi connectivity index (χ2v) is 4.56. The van der Waals surface area contributed by atoms with Gasteiger partial charge in [0.05, 0.1) is 0 Å². The van der Waals surface area contributed by atoms with E-state index in [4.69, 9.17) is 4.42 Å². The van der Waals surface area contributed by atoms with Crippen LogP contribution in [0.4, 0.5) is 5.82 Å². The van der Waals surface area contributed by atoms with Crippen LogP contribution in [-0.2, 0) is 0 Å². The molecule has 1 aromatic carbocycles. The van der Waals surface area contributed by atoms with E-state index in [-0.39, 0.29) is 0 Å². The van der Waals surface area contributed by atoms with Crippen LogP contribution in [0.1, 0.15) is 5.89 Å². The number of rotatable bonds is 2. The van der Waals surface area contributed by atoms with Crippen LogP contribution in [0.2, 0.25) is 0 Å². The van der Waals surface area contributed by atoms with Crippen LogP contribution in [-0.4, -0.2) is 17.0 Å². The summed E-state index contributed by atoms with van der Waals surface area (Å²) in [7, 11) is 1.86. The normalized spacial score (nSPS) is 10.9. The van der Waals surface area contributed by atoms with E-state index >= 15 is 0 Å². The second kappa shape index (κ2) is 3.85. The van der Waals surface area contributed by atoms with E-state index in [0.29, 0.717) is 5.89 Å². The van der Waals surface area contributed by atoms with Gasteiger partial charge < -0.3 is 9.73 Å². The molecule has 3 aromatic rings. The minimum Gasteiger partial charge on any atom is -0.441 e. The lowest BCUT2D eigenvalue weighted by Gasteiger charge is -1.95. The highest BCUT2D eigenvalue weighted by molar-refractivity contribution is 7.13. The maximum atomic E-state index is 5.44. The molecule has 17 heavy (non-hydrogen) atoms. The Morgan fingerprint density at radius 1 is 1.29 bits per heavy atom. The minimum absolute atomic E-state index is 0.687. The molecule has 2 aromatic heterocycles. The third-order valence-electron chi connectivity index (χ3n) is 2.50. The van der Waals surface area contributed by atoms with Gasteiger partial charge in [0.2, 0.25) is 0 Å². The zero-order valence-electron chi connectivity index (χ0n) is 9.52. The summed E-state index contributed by atoms with van der Waals surface area (Å²) in [6.07, 6.45) is 0. The molecule has 1 N–H and O–H groups in total. The predicted octanol–water partition coefficient (Wildman–Crippen LogP) is 3.30. The summed E-state index contributed by atoms with van der Waals surface area (Å²) in [5.41, 5.74) is 2.76. The van der Waals surface area contributed by atoms with Gasteiger partial charge in [-0.2, -0.15) is 0 Å². The highest BCUT2D eigenvalue weighted by atomic mass is 32.1. The van der Waals surface area contributed by atoms with Gasteiger partial charge >= 0.3 is 0 Å². The van der Waals surface area contributed by atoms with E-state index in [2.05, 4.69) is 15.3 Å². The first kappa shape index (κ1) is 10.3. The molecule has 0 saturated heterocycles. The molecule has 0 atom stereocenters. The zero-order chi connectivity index (χ0) is 11.8. The van der Waals surface area contributed by atoms with Gasteiger partial charge in [-0.25, -0.2) is 9.97 Å². The van der Waals surface area contributed by atoms with Gasteiger partial charge in [0.25, 0.3) is 0 Å². The molecule has 4 nitrogen and oxygen atoms in total. The molecule has 0 saturated carbocycles. The van der Waals surface area contributed by atoms with E-state index in [9.17, 15) is 0 Å². The minimum atomic E-state index is 0.687. The molecule has 86 valence electrons. The van der Waals surface area contributed by atoms with Crippen LogP contribution in [0, 0.1) is 6.92 Å². The maximum absolute atomic E-state index is 5.44. The van der Waals surface area contributed by atoms with Crippen molar-refractivity contribution in [1.29, 1.82) is 0 Å². The summed E-state index contributed by atoms with van der Waals surface area (Å²) >= 11 is 1.61. The molecule has 2 heterocycles. The van der Waals surface area contributed by atoms with Crippen molar-refractivity contribution in [2.24, 2.45) is 0 Å². The van der Waals surface area contributed by atoms with E-state index in [1.165, 1.54) is 0 Å². The Kier molecular flexibility index (Phi) is 2.33. The fourth-order valence-electron chi connectivity index (χ4n) is 1.70. The molecule has 0 aliphatic heterocycles. The summed E-state index contributed by atoms with van der Waals surface area (Å²) in [6.45, 7) is 1.85. The van der Waals surface area contributed by atoms with Gasteiger partial charge in [-0.3, -0.25) is 0 Å². The summed E-state index contributed by atoms with van der Waals surface area (Å²) in [4.78, 5) is 8.78. The van der Waals surface area contributed by atoms with Gasteiger partial charge in [-0.05, 0) is 18.2 Å². The van der Waals surface area contributed by atoms with Crippen LogP contribution < -0.4 is 5.32 Å². The fourth-order valence-corrected chi connectivity index (χ4v) is 2.50. The highest BCUT2D eigenvalue weighted by Crippen LogP contribution is 2.28. The van der Waals surface area contributed by atoms with Crippen LogP contribution in [0.3, 0.4) is 0 Å². The number of anilines is 1. The van der Waals surface area contributed by atoms with E-state index in [1.807, 2.05) is 37.6 Å². The lowest BCUT2D eigenvalue weighted by atomic mass is 10.2. The van der Waals surface area contributed by atoms with Crippen molar-refractivity contribution in [2.75, 3.05) is 12.4 Å². The van der Waals surface area contributed by atoms with Crippen molar-refractivity contribution >= 4 is 28.3 Å². The van der Waals surface area contributed by atoms with Crippen molar-refractivity contribution < 1.29 is 4.42 Å². The molecule has 5 heteroatoms. The first-order chi connectivity index (χ1) is 8.26. The molecule has 0 spiro atoms. The standard InChI is InChI=1S/C12H11N3OS/c1-7-14-9-5-8(3-4-10(9)16-7)12-15-11(13-2)6-17-12/h3-6,13H,1-2H3. The van der Waals surface area contributed by atoms with E-state index < -0.39 is 0 Å². The number of hydrogen-bond acceptors (Lipinski definition) is 5. The number of benzene rings is 1. The molecular formula is C12H11N3OS. The van der Waals surface area contributed by atoms with Crippen LogP contribution in [0.25, 0.3) is 21.7 Å². The molecular weight excluding hydrogens is 234 g/mol. The lowest BCUT2D eigenvalue weighted by molar-refractivity contribution is 0.561. The van der Waals surface area contributed by atoms with Gasteiger partial charge in [0.1, 0.15) is 16.3 Å². The van der Waals surface area contributed by atoms with Gasteiger partial charge in [-0.1, -0.05) is 0 Å². The Labute approximate surface area is 102 Å². The maximum Gasteiger partial charge on any atom is 0.192 e. The monoisotopic (exact) mass is 245 g/mol. The summed E-state index contributed by atoms with van der Waals surface area (Å²) < 4.78 is 5.44. The smallest absolute Gasteiger partial charge is 0.192 e. The number of hydrogen-bond donors (Lipinski definition) is 1. The fraction of sp³-hybridized carbons (Fsp3) is 0.167. The first-order valence-corrected chi connectivity index (χ1v) is 6.15. The van der Waals surface area contributed by atoms with E-state index in [0.717, 1.165) is 27.5 Å². The molecule has 0 radical (unpaired) electrons. The van der Waals surface area contributed by atoms with Crippen molar-refractivity contribution in [2.45, 2.75) is 6.92 Å². The number of nitrogens with zero attached hydrogens (tertiary/aromatic N) is 2. The number of aromatic nitrogens is 2. The Hall–Kier alpha value is -1.88. The largest absolute Gasteiger partial charge is 0.441 e. The molecule has 0 amide bonds. The number of fused-ring (bicyclic) bond motifs is 1. The third kappa shape index (κ3) is 1.78. The number of thiazole rings is 1. The van der Waals surface area contributed by atoms with Crippen LogP contribution >= 0.6 is 11.3 Å². The Morgan fingerprint density at radius 2 is 2.18 bits per heavy atom. The van der Waals surface area contributed by atoms with Crippen LogP contribution in [0.15, 0.2) is 28.0 Å². The molecule has 0 bridgehead atoms. The van der Waals surface area contributed by atoms with E-state index in [1.54, 1.807) is 11.3 Å². The summed E-state index contributed by atoms with van der Waals surface area (Å²) in [5.74, 6) is 1.58. The highest BCUT2D eigenvalue weighted by Gasteiger charge is 2.07. The zero-order valence-corrected chi connectivity index (χ0v) is 10.3. The molecule has 0 aliphatic rings. The number of aryl methyl sites for hydroxylation is 1. The number of nitrogens with one attached hydrogen (secondary N) is 1. The lowest BCUT2D eigenvalue weighted by Crippen LogP contribution is -1.86. The van der Waals surface area contributed by atoms with Crippen molar-refractivity contribution in [3.8, 4) is 10.6 Å². The average Bonchev–Trinajstić information content (AvgIpc) is 2.92. The van der Waals surface area contributed by atoms with Gasteiger partial charge in [0, 0.05) is 24.9 Å². The third-order valence-corrected chi connectivity index (χ3v) is 3.39. The molecule has 0 unspecified atom stereocenters. The predicted molar refractivity (Wildman–Crippen MR) is 69.4 cm³/mol. The molecule has 0 aliphatic carbocycles. The Balaban J connectivity index is 2.10. The SMILES string of the molecule is CNc1csc(-c2ccc3oc(C)nc3c2)n1. The van der Waals surface area contributed by atoms with Crippen molar-refractivity contribution in [1.82, 2.24) is 9.97 Å². The topological polar surface area (TPSA) is 51.0 Å². The first-order valence-electron chi connectivity index (χ1n) is 5.27. The van der Waals surface area contributed by atoms with Crippen molar-refractivity contribution in [3.05, 3.63) is 29.5 Å². The Morgan fingerprint density at radius 3 is 2.94 bits per heavy atom. The summed E-state index contributed by atoms with van der Waals surface area (Å²) in [5, 5.41) is 6.00. The van der Waals surface area contributed by atoms with Gasteiger partial charge in [-0.15, -0.1) is 11.3 Å². The quantitative estimate of drug-likeness (QED) is 0.752. The average molecular weight is 245 g/mol. The van der Waals surface area contributed by atoms with Crippen LogP contribution in [0.5, 0.6) is 0 Å². The summed E-state index contributed by atoms with van der Waals surface area (Å²) in [6, 6.07) is 5.94. The van der Waals surface area contributed by atoms with Gasteiger partial charge in [0.15, 0.2) is 11.5 Å².